The maximum atomic E-state index is 12.8. The van der Waals surface area contributed by atoms with E-state index in [1.165, 1.54) is 62.6 Å². The molecular formula is C54H84F4N10O8S2. The summed E-state index contributed by atoms with van der Waals surface area (Å²) in [6.45, 7) is 18.9. The third-order valence-corrected chi connectivity index (χ3v) is 14.1. The van der Waals surface area contributed by atoms with Crippen molar-refractivity contribution in [3.05, 3.63) is 76.6 Å². The van der Waals surface area contributed by atoms with E-state index >= 15 is 0 Å². The van der Waals surface area contributed by atoms with Crippen molar-refractivity contribution >= 4 is 65.7 Å². The summed E-state index contributed by atoms with van der Waals surface area (Å²) < 4.78 is 66.4. The summed E-state index contributed by atoms with van der Waals surface area (Å²) in [5, 5.41) is 18.3. The van der Waals surface area contributed by atoms with Gasteiger partial charge < -0.3 is 55.1 Å². The predicted molar refractivity (Wildman–Crippen MR) is 305 cm³/mol. The van der Waals surface area contributed by atoms with Crippen molar-refractivity contribution in [3.63, 3.8) is 0 Å². The molecule has 438 valence electrons. The summed E-state index contributed by atoms with van der Waals surface area (Å²) >= 11 is 3.45. The van der Waals surface area contributed by atoms with Gasteiger partial charge in [-0.15, -0.1) is 11.3 Å². The van der Waals surface area contributed by atoms with E-state index in [2.05, 4.69) is 96.1 Å². The first-order chi connectivity index (χ1) is 37.1. The monoisotopic (exact) mass is 1140 g/mol. The zero-order valence-corrected chi connectivity index (χ0v) is 49.0. The first-order valence-corrected chi connectivity index (χ1v) is 27.2. The number of aryl methyl sites for hydroxylation is 1. The highest BCUT2D eigenvalue weighted by molar-refractivity contribution is 8.00. The van der Waals surface area contributed by atoms with Crippen molar-refractivity contribution in [1.29, 1.82) is 0 Å². The van der Waals surface area contributed by atoms with Crippen LogP contribution in [0.5, 0.6) is 5.75 Å². The maximum Gasteiger partial charge on any atom is 0.421 e. The lowest BCUT2D eigenvalue weighted by Crippen LogP contribution is -2.45. The number of likely N-dealkylation sites (N-methyl/N-ethyl adjacent to an activating group) is 3. The SMILES string of the molecule is CC(C)(F)C=O.CN1CCC[C@H]1C=O.CNCc1ccc(-c2scnc2C)cc1.CN[C@H](C=O)C(C)(C)SCCOCCOCCN1CCN(C)CC1.CNc1nc(Nc2ccc(C=O)cc2OC)ncc1C(F)(F)F.CO. The second-order valence-corrected chi connectivity index (χ2v) is 21.2. The predicted octanol–water partition coefficient (Wildman–Crippen LogP) is 7.33. The molecule has 18 nitrogen and oxygen atoms in total. The number of anilines is 3. The Kier molecular flexibility index (Phi) is 35.1. The van der Waals surface area contributed by atoms with E-state index in [4.69, 9.17) is 19.3 Å². The van der Waals surface area contributed by atoms with Crippen molar-refractivity contribution in [1.82, 2.24) is 40.3 Å². The van der Waals surface area contributed by atoms with Gasteiger partial charge in [0.05, 0.1) is 67.4 Å². The standard InChI is InChI=1S/C17H35N3O3S.C14H13F3N4O2.C12H14N2S.C6H11NO.C4H7FO.CH4O/c1-17(2,16(15-21)18-3)24-14-13-23-12-11-22-10-9-20-7-5-19(4)6-8-20;1-18-12-9(14(15,16)17)6-19-13(21-12)20-10-4-3-8(7-22)5-11(10)23-2;1-9-12(15-8-14-9)11-5-3-10(4-6-11)7-13-2;1-7-4-2-3-6(7)5-8;1-4(2,5)3-6;1-2/h15-16,18H,5-14H2,1-4H3;3-7H,1-2H3,(H2,18,19,20,21);3-6,8,13H,7H2,1-2H3;5-6H,2-4H2,1H3;3H,1-2H3;2H,1H3/t16-;;;6-;;/m1..0../s1. The number of aromatic nitrogens is 3. The highest BCUT2D eigenvalue weighted by Crippen LogP contribution is 2.35. The van der Waals surface area contributed by atoms with Crippen LogP contribution in [-0.4, -0.2) is 203 Å². The number of halogens is 4. The minimum Gasteiger partial charge on any atom is -0.495 e. The van der Waals surface area contributed by atoms with Crippen LogP contribution in [-0.2, 0) is 36.6 Å². The molecule has 0 unspecified atom stereocenters. The molecule has 6 rings (SSSR count). The number of rotatable bonds is 23. The van der Waals surface area contributed by atoms with E-state index in [9.17, 15) is 36.7 Å². The Morgan fingerprint density at radius 2 is 1.53 bits per heavy atom. The van der Waals surface area contributed by atoms with E-state index in [0.29, 0.717) is 49.3 Å². The molecule has 2 aliphatic rings. The molecule has 2 aliphatic heterocycles. The number of nitrogens with one attached hydrogen (secondary N) is 4. The van der Waals surface area contributed by atoms with Crippen molar-refractivity contribution in [2.75, 3.05) is 132 Å². The highest BCUT2D eigenvalue weighted by atomic mass is 32.2. The third kappa shape index (κ3) is 27.7. The number of carbonyl (C=O) groups excluding carboxylic acids is 4. The first kappa shape index (κ1) is 71.0. The van der Waals surface area contributed by atoms with Gasteiger partial charge in [-0.1, -0.05) is 24.3 Å². The molecule has 5 N–H and O–H groups in total. The van der Waals surface area contributed by atoms with Crippen LogP contribution in [0, 0.1) is 6.92 Å². The fourth-order valence-electron chi connectivity index (χ4n) is 7.13. The smallest absolute Gasteiger partial charge is 0.421 e. The number of aliphatic hydroxyl groups excluding tert-OH is 1. The molecule has 2 saturated heterocycles. The van der Waals surface area contributed by atoms with Gasteiger partial charge in [-0.2, -0.15) is 29.9 Å². The molecule has 2 fully saturated rings. The average Bonchev–Trinajstić information content (AvgIpc) is 4.06. The van der Waals surface area contributed by atoms with Crippen LogP contribution >= 0.6 is 23.1 Å². The molecule has 4 heterocycles. The molecule has 4 aromatic rings. The number of piperazine rings is 1. The number of likely N-dealkylation sites (tertiary alicyclic amines) is 1. The van der Waals surface area contributed by atoms with Crippen LogP contribution in [0.15, 0.2) is 54.2 Å². The largest absolute Gasteiger partial charge is 0.495 e. The number of carbonyl (C=O) groups is 4. The number of benzene rings is 2. The van der Waals surface area contributed by atoms with Gasteiger partial charge in [0.2, 0.25) is 5.95 Å². The number of aldehydes is 4. The lowest BCUT2D eigenvalue weighted by molar-refractivity contribution is -0.137. The average molecular weight is 1140 g/mol. The van der Waals surface area contributed by atoms with Crippen molar-refractivity contribution in [2.24, 2.45) is 0 Å². The van der Waals surface area contributed by atoms with Crippen LogP contribution < -0.4 is 26.0 Å². The molecular weight excluding hydrogens is 1060 g/mol. The van der Waals surface area contributed by atoms with E-state index in [1.807, 2.05) is 33.6 Å². The molecule has 0 saturated carbocycles. The number of aliphatic hydroxyl groups is 1. The van der Waals surface area contributed by atoms with Gasteiger partial charge in [-0.25, -0.2) is 14.4 Å². The van der Waals surface area contributed by atoms with Crippen LogP contribution in [0.3, 0.4) is 0 Å². The minimum atomic E-state index is -4.56. The Morgan fingerprint density at radius 1 is 0.885 bits per heavy atom. The van der Waals surface area contributed by atoms with Crippen LogP contribution in [0.2, 0.25) is 0 Å². The van der Waals surface area contributed by atoms with Gasteiger partial charge in [0.15, 0.2) is 12.0 Å². The van der Waals surface area contributed by atoms with E-state index in [1.54, 1.807) is 29.2 Å². The zero-order chi connectivity index (χ0) is 58.7. The highest BCUT2D eigenvalue weighted by Gasteiger charge is 2.35. The first-order valence-electron chi connectivity index (χ1n) is 25.3. The Morgan fingerprint density at radius 3 is 2.00 bits per heavy atom. The lowest BCUT2D eigenvalue weighted by Gasteiger charge is -2.32. The second-order valence-electron chi connectivity index (χ2n) is 18.6. The molecule has 0 spiro atoms. The molecule has 2 aromatic heterocycles. The number of thiazole rings is 1. The normalized spacial score (nSPS) is 15.1. The molecule has 2 atom stereocenters. The summed E-state index contributed by atoms with van der Waals surface area (Å²) in [6, 6.07) is 13.3. The summed E-state index contributed by atoms with van der Waals surface area (Å²) in [7, 11) is 11.7. The van der Waals surface area contributed by atoms with Gasteiger partial charge in [0, 0.05) is 75.7 Å². The van der Waals surface area contributed by atoms with Gasteiger partial charge in [0.25, 0.3) is 0 Å². The summed E-state index contributed by atoms with van der Waals surface area (Å²) in [5.74, 6) is 0.822. The topological polar surface area (TPSA) is 213 Å². The van der Waals surface area contributed by atoms with Crippen molar-refractivity contribution in [3.8, 4) is 16.2 Å². The van der Waals surface area contributed by atoms with Crippen molar-refractivity contribution in [2.45, 2.75) is 82.7 Å². The van der Waals surface area contributed by atoms with E-state index in [0.717, 1.165) is 90.0 Å². The van der Waals surface area contributed by atoms with Crippen LogP contribution in [0.25, 0.3) is 10.4 Å². The van der Waals surface area contributed by atoms with Gasteiger partial charge in [-0.3, -0.25) is 19.4 Å². The molecule has 0 aliphatic carbocycles. The van der Waals surface area contributed by atoms with Gasteiger partial charge in [0.1, 0.15) is 36.0 Å². The van der Waals surface area contributed by atoms with Crippen LogP contribution in [0.1, 0.15) is 67.7 Å². The number of hydrogen-bond acceptors (Lipinski definition) is 20. The number of alkyl halides is 4. The summed E-state index contributed by atoms with van der Waals surface area (Å²) in [5.41, 5.74) is 3.79. The summed E-state index contributed by atoms with van der Waals surface area (Å²) in [4.78, 5) is 61.3. The zero-order valence-electron chi connectivity index (χ0n) is 47.4. The number of nitrogens with zero attached hydrogens (tertiary/aromatic N) is 6. The van der Waals surface area contributed by atoms with Gasteiger partial charge >= 0.3 is 6.18 Å². The molecule has 0 radical (unpaired) electrons. The van der Waals surface area contributed by atoms with Crippen molar-refractivity contribution < 1.29 is 56.1 Å². The summed E-state index contributed by atoms with van der Waals surface area (Å²) in [6.07, 6.45) is 1.30. The molecule has 0 bridgehead atoms. The maximum absolute atomic E-state index is 12.8. The Balaban J connectivity index is 0.000000519. The quantitative estimate of drug-likeness (QED) is 0.0280. The minimum absolute atomic E-state index is 0.0421. The Labute approximate surface area is 467 Å². The fourth-order valence-corrected chi connectivity index (χ4v) is 9.02. The number of methoxy groups -OCH3 is 1. The lowest BCUT2D eigenvalue weighted by atomic mass is 10.1. The van der Waals surface area contributed by atoms with E-state index < -0.39 is 17.4 Å². The van der Waals surface area contributed by atoms with Crippen LogP contribution in [0.4, 0.5) is 35.0 Å². The Hall–Kier alpha value is -5.02. The van der Waals surface area contributed by atoms with E-state index in [-0.39, 0.29) is 34.9 Å². The number of thioether (sulfide) groups is 1. The number of hydrogen-bond donors (Lipinski definition) is 5. The third-order valence-electron chi connectivity index (χ3n) is 11.7. The molecule has 2 aromatic carbocycles. The molecule has 24 heteroatoms. The molecule has 0 amide bonds. The second kappa shape index (κ2) is 38.6. The number of ether oxygens (including phenoxy) is 3. The fraction of sp³-hybridized carbons (Fsp3) is 0.574. The Bertz CT molecular complexity index is 2290. The molecule has 78 heavy (non-hydrogen) atoms. The van der Waals surface area contributed by atoms with Gasteiger partial charge in [-0.05, 0) is 112 Å².